The quantitative estimate of drug-likeness (QED) is 0.573. The van der Waals surface area contributed by atoms with E-state index >= 15 is 0 Å². The zero-order valence-electron chi connectivity index (χ0n) is 10.9. The van der Waals surface area contributed by atoms with Gasteiger partial charge in [0, 0.05) is 18.0 Å². The third-order valence-electron chi connectivity index (χ3n) is 2.35. The van der Waals surface area contributed by atoms with Gasteiger partial charge in [0.1, 0.15) is 6.10 Å². The monoisotopic (exact) mass is 325 g/mol. The number of aliphatic hydroxyl groups excluding tert-OH is 1. The van der Waals surface area contributed by atoms with Crippen molar-refractivity contribution in [3.8, 4) is 0 Å². The molecule has 1 aromatic heterocycles. The second kappa shape index (κ2) is 6.45. The van der Waals surface area contributed by atoms with Crippen molar-refractivity contribution in [3.05, 3.63) is 30.1 Å². The number of aromatic nitrogens is 1. The number of hydrogen-bond donors (Lipinski definition) is 4. The van der Waals surface area contributed by atoms with E-state index < -0.39 is 32.8 Å². The van der Waals surface area contributed by atoms with Crippen LogP contribution in [-0.4, -0.2) is 36.3 Å². The highest BCUT2D eigenvalue weighted by atomic mass is 31.2. The van der Waals surface area contributed by atoms with Gasteiger partial charge in [-0.05, 0) is 19.9 Å². The standard InChI is InChI=1S/C10H17NO7P2/c1-7(2)18-20(16,17)10(19(13,14)15)9(12)8-4-3-5-11-6-8/h3-7,9-10,12H,1-2H3,(H,16,17)(H2,13,14,15). The van der Waals surface area contributed by atoms with Crippen molar-refractivity contribution in [2.24, 2.45) is 0 Å². The lowest BCUT2D eigenvalue weighted by Gasteiger charge is -2.28. The van der Waals surface area contributed by atoms with E-state index in [0.29, 0.717) is 0 Å². The maximum Gasteiger partial charge on any atom is 0.346 e. The zero-order chi connectivity index (χ0) is 15.6. The molecule has 0 amide bonds. The molecule has 0 aromatic carbocycles. The van der Waals surface area contributed by atoms with E-state index in [4.69, 9.17) is 4.52 Å². The van der Waals surface area contributed by atoms with Crippen LogP contribution in [0.5, 0.6) is 0 Å². The van der Waals surface area contributed by atoms with Gasteiger partial charge in [0.25, 0.3) is 0 Å². The van der Waals surface area contributed by atoms with Crippen molar-refractivity contribution in [2.45, 2.75) is 31.5 Å². The third kappa shape index (κ3) is 4.46. The second-order valence-electron chi connectivity index (χ2n) is 4.45. The molecule has 114 valence electrons. The minimum Gasteiger partial charge on any atom is -0.387 e. The normalized spacial score (nSPS) is 18.6. The predicted molar refractivity (Wildman–Crippen MR) is 71.1 cm³/mol. The largest absolute Gasteiger partial charge is 0.387 e. The number of aliphatic hydroxyl groups is 1. The number of hydrogen-bond acceptors (Lipinski definition) is 5. The van der Waals surface area contributed by atoms with Gasteiger partial charge in [-0.25, -0.2) is 0 Å². The molecule has 0 bridgehead atoms. The summed E-state index contributed by atoms with van der Waals surface area (Å²) < 4.78 is 28.2. The molecule has 10 heteroatoms. The summed E-state index contributed by atoms with van der Waals surface area (Å²) in [5.74, 6) is 0. The van der Waals surface area contributed by atoms with E-state index in [1.165, 1.54) is 32.2 Å². The van der Waals surface area contributed by atoms with Crippen molar-refractivity contribution in [1.29, 1.82) is 0 Å². The Bertz CT molecular complexity index is 530. The molecular weight excluding hydrogens is 308 g/mol. The average molecular weight is 325 g/mol. The highest BCUT2D eigenvalue weighted by Crippen LogP contribution is 2.67. The summed E-state index contributed by atoms with van der Waals surface area (Å²) in [5, 5.41) is 7.76. The molecule has 3 atom stereocenters. The lowest BCUT2D eigenvalue weighted by molar-refractivity contribution is 0.149. The lowest BCUT2D eigenvalue weighted by Crippen LogP contribution is -2.22. The summed E-state index contributed by atoms with van der Waals surface area (Å²) in [6, 6.07) is 2.77. The van der Waals surface area contributed by atoms with Gasteiger partial charge in [0.2, 0.25) is 0 Å². The van der Waals surface area contributed by atoms with E-state index in [-0.39, 0.29) is 5.56 Å². The van der Waals surface area contributed by atoms with Gasteiger partial charge in [0.15, 0.2) is 5.40 Å². The van der Waals surface area contributed by atoms with Crippen LogP contribution in [0.3, 0.4) is 0 Å². The lowest BCUT2D eigenvalue weighted by atomic mass is 10.2. The summed E-state index contributed by atoms with van der Waals surface area (Å²) in [6.45, 7) is 2.88. The fourth-order valence-corrected chi connectivity index (χ4v) is 5.12. The highest BCUT2D eigenvalue weighted by molar-refractivity contribution is 7.71. The van der Waals surface area contributed by atoms with Crippen LogP contribution in [0.1, 0.15) is 25.5 Å². The fourth-order valence-electron chi connectivity index (χ4n) is 1.64. The van der Waals surface area contributed by atoms with Crippen LogP contribution < -0.4 is 0 Å². The number of rotatable bonds is 6. The van der Waals surface area contributed by atoms with Gasteiger partial charge in [-0.15, -0.1) is 0 Å². The van der Waals surface area contributed by atoms with Crippen molar-refractivity contribution < 1.29 is 33.4 Å². The molecule has 1 aromatic rings. The van der Waals surface area contributed by atoms with Crippen molar-refractivity contribution in [2.75, 3.05) is 0 Å². The Balaban J connectivity index is 3.21. The van der Waals surface area contributed by atoms with Crippen LogP contribution in [0.4, 0.5) is 0 Å². The molecule has 0 radical (unpaired) electrons. The Morgan fingerprint density at radius 2 is 1.85 bits per heavy atom. The molecule has 1 heterocycles. The van der Waals surface area contributed by atoms with Crippen LogP contribution in [0.2, 0.25) is 0 Å². The highest BCUT2D eigenvalue weighted by Gasteiger charge is 2.51. The van der Waals surface area contributed by atoms with Crippen LogP contribution in [0.25, 0.3) is 0 Å². The van der Waals surface area contributed by atoms with Gasteiger partial charge in [-0.1, -0.05) is 6.07 Å². The van der Waals surface area contributed by atoms with Gasteiger partial charge < -0.3 is 24.3 Å². The van der Waals surface area contributed by atoms with E-state index in [1.807, 2.05) is 0 Å². The molecule has 0 aliphatic rings. The Labute approximate surface area is 116 Å². The van der Waals surface area contributed by atoms with Crippen LogP contribution in [0.15, 0.2) is 24.5 Å². The molecule has 0 saturated carbocycles. The average Bonchev–Trinajstić information content (AvgIpc) is 2.25. The third-order valence-corrected chi connectivity index (χ3v) is 6.77. The predicted octanol–water partition coefficient (Wildman–Crippen LogP) is 1.23. The number of nitrogens with zero attached hydrogens (tertiary/aromatic N) is 1. The van der Waals surface area contributed by atoms with Crippen LogP contribution in [0, 0.1) is 0 Å². The number of pyridine rings is 1. The van der Waals surface area contributed by atoms with Crippen molar-refractivity contribution in [1.82, 2.24) is 4.98 Å². The Morgan fingerprint density at radius 3 is 2.25 bits per heavy atom. The van der Waals surface area contributed by atoms with Crippen LogP contribution >= 0.6 is 15.2 Å². The first-order chi connectivity index (χ1) is 9.05. The molecule has 8 nitrogen and oxygen atoms in total. The zero-order valence-corrected chi connectivity index (χ0v) is 12.7. The summed E-state index contributed by atoms with van der Waals surface area (Å²) in [5.41, 5.74) is 0.0162. The van der Waals surface area contributed by atoms with Crippen molar-refractivity contribution >= 4 is 15.2 Å². The van der Waals surface area contributed by atoms with Gasteiger partial charge >= 0.3 is 15.2 Å². The maximum atomic E-state index is 12.0. The molecule has 0 fully saturated rings. The molecule has 4 N–H and O–H groups in total. The molecule has 0 aliphatic carbocycles. The molecule has 1 rings (SSSR count). The summed E-state index contributed by atoms with van der Waals surface area (Å²) in [7, 11) is -9.83. The minimum atomic E-state index is -5.09. The van der Waals surface area contributed by atoms with E-state index in [0.717, 1.165) is 6.20 Å². The molecule has 0 aliphatic heterocycles. The Hall–Kier alpha value is -0.590. The van der Waals surface area contributed by atoms with Crippen molar-refractivity contribution in [3.63, 3.8) is 0 Å². The molecule has 20 heavy (non-hydrogen) atoms. The summed E-state index contributed by atoms with van der Waals surface area (Å²) in [4.78, 5) is 32.0. The molecule has 0 spiro atoms. The Kier molecular flexibility index (Phi) is 5.63. The smallest absolute Gasteiger partial charge is 0.346 e. The van der Waals surface area contributed by atoms with E-state index in [1.54, 1.807) is 0 Å². The van der Waals surface area contributed by atoms with Crippen LogP contribution in [-0.2, 0) is 13.7 Å². The first-order valence-corrected chi connectivity index (χ1v) is 9.02. The van der Waals surface area contributed by atoms with Gasteiger partial charge in [-0.2, -0.15) is 0 Å². The molecule has 0 saturated heterocycles. The maximum absolute atomic E-state index is 12.0. The first kappa shape index (κ1) is 17.5. The Morgan fingerprint density at radius 1 is 1.25 bits per heavy atom. The molecular formula is C10H17NO7P2. The summed E-state index contributed by atoms with van der Waals surface area (Å²) >= 11 is 0. The fraction of sp³-hybridized carbons (Fsp3) is 0.500. The summed E-state index contributed by atoms with van der Waals surface area (Å²) in [6.07, 6.45) is -0.0609. The molecule has 3 unspecified atom stereocenters. The minimum absolute atomic E-state index is 0.0162. The first-order valence-electron chi connectivity index (χ1n) is 5.70. The second-order valence-corrected chi connectivity index (χ2v) is 8.49. The van der Waals surface area contributed by atoms with Gasteiger partial charge in [0.05, 0.1) is 6.10 Å². The van der Waals surface area contributed by atoms with Gasteiger partial charge in [-0.3, -0.25) is 14.1 Å². The SMILES string of the molecule is CC(C)OP(=O)(O)C(C(O)c1cccnc1)P(=O)(O)O. The topological polar surface area (TPSA) is 137 Å². The van der Waals surface area contributed by atoms with E-state index in [9.17, 15) is 28.9 Å². The van der Waals surface area contributed by atoms with E-state index in [2.05, 4.69) is 4.98 Å².